The van der Waals surface area contributed by atoms with Crippen LogP contribution in [0.25, 0.3) is 11.0 Å². The molecule has 0 aliphatic carbocycles. The number of aromatic nitrogens is 3. The summed E-state index contributed by atoms with van der Waals surface area (Å²) in [5, 5.41) is 10.6. The Morgan fingerprint density at radius 2 is 1.77 bits per heavy atom. The van der Waals surface area contributed by atoms with Crippen molar-refractivity contribution >= 4 is 39.9 Å². The highest BCUT2D eigenvalue weighted by Crippen LogP contribution is 2.23. The van der Waals surface area contributed by atoms with Gasteiger partial charge >= 0.3 is 11.7 Å². The van der Waals surface area contributed by atoms with Gasteiger partial charge in [-0.3, -0.25) is 29.1 Å². The number of fused-ring (bicyclic) bond motifs is 1. The molecule has 2 amide bonds. The molecule has 0 saturated carbocycles. The highest BCUT2D eigenvalue weighted by molar-refractivity contribution is 8.15. The third-order valence-corrected chi connectivity index (χ3v) is 5.81. The summed E-state index contributed by atoms with van der Waals surface area (Å²) in [7, 11) is 0. The number of hydrogen-bond acceptors (Lipinski definition) is 7. The topological polar surface area (TPSA) is 140 Å². The van der Waals surface area contributed by atoms with E-state index in [0.717, 1.165) is 22.9 Å². The number of carboxylic acid groups (broad SMARTS) is 1. The Kier molecular flexibility index (Phi) is 5.42. The van der Waals surface area contributed by atoms with Gasteiger partial charge in [-0.1, -0.05) is 36.0 Å². The van der Waals surface area contributed by atoms with Crippen LogP contribution in [-0.2, 0) is 29.1 Å². The minimum atomic E-state index is -1.30. The van der Waals surface area contributed by atoms with E-state index in [4.69, 9.17) is 5.11 Å². The van der Waals surface area contributed by atoms with Crippen molar-refractivity contribution in [3.05, 3.63) is 74.6 Å². The van der Waals surface area contributed by atoms with Crippen LogP contribution >= 0.6 is 11.8 Å². The Morgan fingerprint density at radius 1 is 1.06 bits per heavy atom. The van der Waals surface area contributed by atoms with Crippen molar-refractivity contribution in [1.29, 1.82) is 0 Å². The normalized spacial score (nSPS) is 15.9. The number of carbonyl (C=O) groups excluding carboxylic acids is 2. The quantitative estimate of drug-likeness (QED) is 0.567. The van der Waals surface area contributed by atoms with Gasteiger partial charge in [0.05, 0.1) is 17.2 Å². The Bertz CT molecular complexity index is 1330. The van der Waals surface area contributed by atoms with E-state index in [2.05, 4.69) is 10.3 Å². The van der Waals surface area contributed by atoms with E-state index in [1.54, 1.807) is 30.3 Å². The van der Waals surface area contributed by atoms with E-state index in [9.17, 15) is 24.0 Å². The lowest BCUT2D eigenvalue weighted by molar-refractivity contribution is -0.137. The van der Waals surface area contributed by atoms with Crippen molar-refractivity contribution in [2.45, 2.75) is 24.8 Å². The number of pyridine rings is 1. The zero-order valence-corrected chi connectivity index (χ0v) is 16.8. The lowest BCUT2D eigenvalue weighted by atomic mass is 10.1. The first-order chi connectivity index (χ1) is 14.8. The van der Waals surface area contributed by atoms with Gasteiger partial charge in [0.15, 0.2) is 0 Å². The SMILES string of the molecule is O=C(O)Cn1c(=O)c2cccnc2n(Cc2ccc(CC3SC(=O)NC3=O)cc2)c1=O. The van der Waals surface area contributed by atoms with E-state index in [1.807, 2.05) is 0 Å². The van der Waals surface area contributed by atoms with E-state index in [0.29, 0.717) is 11.0 Å². The standard InChI is InChI=1S/C20H16N4O6S/c25-15(26)10-24-18(28)13-2-1-7-21-16(13)23(20(24)30)9-12-5-3-11(4-6-12)8-14-17(27)22-19(29)31-14/h1-7,14H,8-10H2,(H,25,26)(H,22,27,29). The average Bonchev–Trinajstić information content (AvgIpc) is 3.06. The molecule has 1 atom stereocenters. The molecule has 0 spiro atoms. The van der Waals surface area contributed by atoms with E-state index < -0.39 is 29.0 Å². The summed E-state index contributed by atoms with van der Waals surface area (Å²) in [5.74, 6) is -1.62. The number of nitrogens with one attached hydrogen (secondary N) is 1. The summed E-state index contributed by atoms with van der Waals surface area (Å²) in [6.45, 7) is -0.676. The van der Waals surface area contributed by atoms with Crippen molar-refractivity contribution in [1.82, 2.24) is 19.4 Å². The van der Waals surface area contributed by atoms with Gasteiger partial charge in [0, 0.05) is 6.20 Å². The lowest BCUT2D eigenvalue weighted by Gasteiger charge is -2.13. The zero-order valence-electron chi connectivity index (χ0n) is 16.0. The fraction of sp³-hybridized carbons (Fsp3) is 0.200. The molecule has 1 unspecified atom stereocenters. The first kappa shape index (κ1) is 20.5. The minimum Gasteiger partial charge on any atom is -0.480 e. The number of hydrogen-bond donors (Lipinski definition) is 2. The van der Waals surface area contributed by atoms with Gasteiger partial charge in [-0.2, -0.15) is 0 Å². The summed E-state index contributed by atoms with van der Waals surface area (Å²) in [5.41, 5.74) is 0.264. The molecule has 0 radical (unpaired) electrons. The van der Waals surface area contributed by atoms with Crippen LogP contribution in [0.1, 0.15) is 11.1 Å². The van der Waals surface area contributed by atoms with Crippen molar-refractivity contribution in [2.75, 3.05) is 0 Å². The fourth-order valence-corrected chi connectivity index (χ4v) is 4.23. The van der Waals surface area contributed by atoms with Crippen molar-refractivity contribution in [3.8, 4) is 0 Å². The summed E-state index contributed by atoms with van der Waals surface area (Å²) >= 11 is 0.953. The second kappa shape index (κ2) is 8.19. The zero-order chi connectivity index (χ0) is 22.1. The second-order valence-corrected chi connectivity index (χ2v) is 8.11. The molecule has 0 bridgehead atoms. The van der Waals surface area contributed by atoms with E-state index >= 15 is 0 Å². The van der Waals surface area contributed by atoms with Crippen LogP contribution < -0.4 is 16.6 Å². The molecule has 1 aliphatic heterocycles. The van der Waals surface area contributed by atoms with Gasteiger partial charge in [0.2, 0.25) is 5.91 Å². The number of aliphatic carboxylic acids is 1. The van der Waals surface area contributed by atoms with Crippen LogP contribution in [0.4, 0.5) is 4.79 Å². The molecule has 31 heavy (non-hydrogen) atoms. The third-order valence-electron chi connectivity index (χ3n) is 4.82. The molecule has 1 aromatic carbocycles. The van der Waals surface area contributed by atoms with Gasteiger partial charge in [0.25, 0.3) is 10.8 Å². The van der Waals surface area contributed by atoms with Crippen LogP contribution in [0, 0.1) is 0 Å². The van der Waals surface area contributed by atoms with Crippen molar-refractivity contribution in [2.24, 2.45) is 0 Å². The number of nitrogens with zero attached hydrogens (tertiary/aromatic N) is 3. The first-order valence-electron chi connectivity index (χ1n) is 9.23. The van der Waals surface area contributed by atoms with Gasteiger partial charge in [-0.05, 0) is 29.7 Å². The van der Waals surface area contributed by atoms with Crippen molar-refractivity contribution in [3.63, 3.8) is 0 Å². The van der Waals surface area contributed by atoms with Crippen LogP contribution in [-0.4, -0.2) is 41.6 Å². The molecular formula is C20H16N4O6S. The molecule has 1 saturated heterocycles. The molecule has 1 fully saturated rings. The number of amides is 2. The number of thioether (sulfide) groups is 1. The maximum atomic E-state index is 12.9. The van der Waals surface area contributed by atoms with Gasteiger partial charge < -0.3 is 5.11 Å². The van der Waals surface area contributed by atoms with E-state index in [1.165, 1.54) is 16.8 Å². The molecule has 158 valence electrons. The Hall–Kier alpha value is -3.73. The molecule has 3 heterocycles. The van der Waals surface area contributed by atoms with Crippen molar-refractivity contribution < 1.29 is 19.5 Å². The summed E-state index contributed by atoms with van der Waals surface area (Å²) < 4.78 is 1.93. The molecule has 4 rings (SSSR count). The van der Waals surface area contributed by atoms with Crippen LogP contribution in [0.15, 0.2) is 52.2 Å². The van der Waals surface area contributed by atoms with E-state index in [-0.39, 0.29) is 28.7 Å². The molecule has 11 heteroatoms. The minimum absolute atomic E-state index is 0.0731. The Labute approximate surface area is 178 Å². The third kappa shape index (κ3) is 4.12. The van der Waals surface area contributed by atoms with Gasteiger partial charge in [0.1, 0.15) is 12.2 Å². The number of carbonyl (C=O) groups is 3. The molecule has 3 aromatic rings. The predicted molar refractivity (Wildman–Crippen MR) is 112 cm³/mol. The smallest absolute Gasteiger partial charge is 0.333 e. The predicted octanol–water partition coefficient (Wildman–Crippen LogP) is 0.585. The van der Waals surface area contributed by atoms with Crippen LogP contribution in [0.5, 0.6) is 0 Å². The maximum Gasteiger partial charge on any atom is 0.333 e. The number of benzene rings is 1. The Balaban J connectivity index is 1.66. The molecule has 10 nitrogen and oxygen atoms in total. The highest BCUT2D eigenvalue weighted by atomic mass is 32.2. The summed E-state index contributed by atoms with van der Waals surface area (Å²) in [4.78, 5) is 63.7. The van der Waals surface area contributed by atoms with Gasteiger partial charge in [-0.25, -0.2) is 14.3 Å². The largest absolute Gasteiger partial charge is 0.480 e. The molecule has 1 aliphatic rings. The molecular weight excluding hydrogens is 424 g/mol. The van der Waals surface area contributed by atoms with Gasteiger partial charge in [-0.15, -0.1) is 0 Å². The highest BCUT2D eigenvalue weighted by Gasteiger charge is 2.31. The number of rotatable bonds is 6. The lowest BCUT2D eigenvalue weighted by Crippen LogP contribution is -2.42. The maximum absolute atomic E-state index is 12.9. The van der Waals surface area contributed by atoms with Crippen LogP contribution in [0.3, 0.4) is 0 Å². The average molecular weight is 440 g/mol. The molecule has 2 aromatic heterocycles. The number of imide groups is 1. The number of carboxylic acids is 1. The summed E-state index contributed by atoms with van der Waals surface area (Å²) in [6, 6.07) is 10.2. The monoisotopic (exact) mass is 440 g/mol. The fourth-order valence-electron chi connectivity index (χ4n) is 3.37. The second-order valence-electron chi connectivity index (χ2n) is 6.93. The first-order valence-corrected chi connectivity index (χ1v) is 10.1. The Morgan fingerprint density at radius 3 is 2.42 bits per heavy atom. The summed E-state index contributed by atoms with van der Waals surface area (Å²) in [6.07, 6.45) is 1.84. The van der Waals surface area contributed by atoms with Crippen LogP contribution in [0.2, 0.25) is 0 Å². The molecule has 2 N–H and O–H groups in total.